The first-order valence-electron chi connectivity index (χ1n) is 28.5. The molecule has 0 aliphatic heterocycles. The normalized spacial score (nSPS) is 14.0. The number of ether oxygens (including phenoxy) is 3. The molecule has 0 aromatic rings. The van der Waals surface area contributed by atoms with Crippen molar-refractivity contribution in [3.63, 3.8) is 0 Å². The molecule has 414 valence electrons. The second-order valence-corrected chi connectivity index (χ2v) is 20.2. The third kappa shape index (κ3) is 51.6. The van der Waals surface area contributed by atoms with Gasteiger partial charge in [0.1, 0.15) is 12.7 Å². The Morgan fingerprint density at radius 3 is 1.14 bits per heavy atom. The van der Waals surface area contributed by atoms with Crippen molar-refractivity contribution < 1.29 is 52.2 Å². The molecule has 3 atom stereocenters. The number of phosphoric acid groups is 1. The highest BCUT2D eigenvalue weighted by atomic mass is 31.2. The Bertz CT molecular complexity index is 1530. The topological polar surface area (TPSA) is 155 Å². The second-order valence-electron chi connectivity index (χ2n) is 18.7. The van der Waals surface area contributed by atoms with Gasteiger partial charge in [0, 0.05) is 19.3 Å². The molecule has 2 N–H and O–H groups in total. The number of carbonyl (C=O) groups excluding carboxylic acids is 3. The van der Waals surface area contributed by atoms with Crippen molar-refractivity contribution in [1.82, 2.24) is 0 Å². The van der Waals surface area contributed by atoms with Crippen LogP contribution in [0.4, 0.5) is 0 Å². The average molecular weight is 1030 g/mol. The van der Waals surface area contributed by atoms with Crippen LogP contribution in [0, 0.1) is 0 Å². The van der Waals surface area contributed by atoms with Crippen molar-refractivity contribution >= 4 is 25.7 Å². The van der Waals surface area contributed by atoms with E-state index in [0.29, 0.717) is 19.3 Å². The number of rotatable bonds is 52. The summed E-state index contributed by atoms with van der Waals surface area (Å²) in [5.74, 6) is -1.51. The molecule has 12 heteroatoms. The van der Waals surface area contributed by atoms with E-state index < -0.39 is 57.8 Å². The lowest BCUT2D eigenvalue weighted by molar-refractivity contribution is -0.161. The molecule has 0 heterocycles. The molecule has 0 amide bonds. The van der Waals surface area contributed by atoms with Crippen molar-refractivity contribution in [1.29, 1.82) is 0 Å². The molecule has 0 rings (SSSR count). The third-order valence-electron chi connectivity index (χ3n) is 11.8. The Hall–Kier alpha value is -3.34. The number of esters is 3. The van der Waals surface area contributed by atoms with Crippen molar-refractivity contribution in [2.75, 3.05) is 26.4 Å². The van der Waals surface area contributed by atoms with E-state index in [2.05, 4.69) is 106 Å². The molecular formula is C60H103O11P. The van der Waals surface area contributed by atoms with Crippen LogP contribution in [-0.2, 0) is 42.2 Å². The monoisotopic (exact) mass is 1030 g/mol. The second kappa shape index (κ2) is 53.9. The lowest BCUT2D eigenvalue weighted by Gasteiger charge is -2.21. The van der Waals surface area contributed by atoms with Gasteiger partial charge in [-0.3, -0.25) is 23.4 Å². The minimum Gasteiger partial charge on any atom is -0.462 e. The molecule has 0 aromatic carbocycles. The minimum atomic E-state index is -4.76. The van der Waals surface area contributed by atoms with Gasteiger partial charge in [0.15, 0.2) is 6.10 Å². The van der Waals surface area contributed by atoms with Crippen molar-refractivity contribution in [2.45, 2.75) is 251 Å². The van der Waals surface area contributed by atoms with Crippen molar-refractivity contribution in [2.24, 2.45) is 0 Å². The fraction of sp³-hybridized carbons (Fsp3) is 0.717. The van der Waals surface area contributed by atoms with Crippen molar-refractivity contribution in [3.05, 3.63) is 85.1 Å². The highest BCUT2D eigenvalue weighted by Gasteiger charge is 2.28. The van der Waals surface area contributed by atoms with Crippen LogP contribution in [0.3, 0.4) is 0 Å². The van der Waals surface area contributed by atoms with E-state index in [-0.39, 0.29) is 25.9 Å². The zero-order valence-corrected chi connectivity index (χ0v) is 46.5. The lowest BCUT2D eigenvalue weighted by atomic mass is 10.1. The summed E-state index contributed by atoms with van der Waals surface area (Å²) in [5.41, 5.74) is 0. The van der Waals surface area contributed by atoms with Crippen LogP contribution in [0.15, 0.2) is 85.1 Å². The number of phosphoric ester groups is 1. The molecule has 0 saturated heterocycles. The summed E-state index contributed by atoms with van der Waals surface area (Å²) in [7, 11) is -4.76. The summed E-state index contributed by atoms with van der Waals surface area (Å²) in [4.78, 5) is 48.4. The first-order valence-corrected chi connectivity index (χ1v) is 30.0. The van der Waals surface area contributed by atoms with Crippen molar-refractivity contribution in [3.8, 4) is 0 Å². The molecule has 0 aliphatic carbocycles. The zero-order chi connectivity index (χ0) is 52.7. The zero-order valence-electron chi connectivity index (χ0n) is 45.6. The van der Waals surface area contributed by atoms with Gasteiger partial charge in [0.2, 0.25) is 0 Å². The van der Waals surface area contributed by atoms with Gasteiger partial charge in [0.05, 0.1) is 19.8 Å². The van der Waals surface area contributed by atoms with E-state index >= 15 is 0 Å². The molecule has 0 radical (unpaired) electrons. The quantitative estimate of drug-likeness (QED) is 0.0197. The van der Waals surface area contributed by atoms with Crippen LogP contribution >= 0.6 is 7.82 Å². The van der Waals surface area contributed by atoms with Gasteiger partial charge in [-0.05, 0) is 96.3 Å². The van der Waals surface area contributed by atoms with Crippen LogP contribution in [-0.4, -0.2) is 66.5 Å². The van der Waals surface area contributed by atoms with Gasteiger partial charge in [-0.25, -0.2) is 4.57 Å². The van der Waals surface area contributed by atoms with Crippen LogP contribution in [0.25, 0.3) is 0 Å². The Kier molecular flexibility index (Phi) is 51.4. The standard InChI is InChI=1S/C60H103O11P/c1-4-7-10-13-16-19-21-23-25-27-28-30-32-34-36-39-42-45-48-51-60(64)71-57(53-67-58(62)49-46-43-40-37-18-15-12-9-6-3)55-69-72(65,66)68-54-56(52-61)70-59(63)50-47-44-41-38-35-33-31-29-26-24-22-20-17-14-11-8-5-2/h8,11,16-17,19-20,23-26,28,30-31,33,56-57,61H,4-7,9-10,12-15,18,21-22,27,29,32,34-55H2,1-3H3,(H,65,66)/b11-8-,19-16-,20-17-,25-23-,26-24-,30-28-,33-31-. The third-order valence-corrected chi connectivity index (χ3v) is 12.8. The fourth-order valence-electron chi connectivity index (χ4n) is 7.47. The summed E-state index contributed by atoms with van der Waals surface area (Å²) < 4.78 is 39.4. The van der Waals surface area contributed by atoms with Gasteiger partial charge >= 0.3 is 25.7 Å². The summed E-state index contributed by atoms with van der Waals surface area (Å²) in [6, 6.07) is 0. The average Bonchev–Trinajstić information content (AvgIpc) is 3.37. The number of carbonyl (C=O) groups is 3. The van der Waals surface area contributed by atoms with Gasteiger partial charge in [-0.2, -0.15) is 0 Å². The van der Waals surface area contributed by atoms with Crippen LogP contribution in [0.2, 0.25) is 0 Å². The molecule has 0 aliphatic rings. The summed E-state index contributed by atoms with van der Waals surface area (Å²) >= 11 is 0. The maximum Gasteiger partial charge on any atom is 0.472 e. The summed E-state index contributed by atoms with van der Waals surface area (Å²) in [6.45, 7) is 4.44. The largest absolute Gasteiger partial charge is 0.472 e. The van der Waals surface area contributed by atoms with E-state index in [1.807, 2.05) is 0 Å². The maximum atomic E-state index is 12.9. The predicted molar refractivity (Wildman–Crippen MR) is 298 cm³/mol. The highest BCUT2D eigenvalue weighted by molar-refractivity contribution is 7.47. The molecule has 0 bridgehead atoms. The summed E-state index contributed by atoms with van der Waals surface area (Å²) in [5, 5.41) is 9.80. The Morgan fingerprint density at radius 2 is 0.722 bits per heavy atom. The Balaban J connectivity index is 4.69. The molecule has 3 unspecified atom stereocenters. The van der Waals surface area contributed by atoms with E-state index in [4.69, 9.17) is 23.3 Å². The number of unbranched alkanes of at least 4 members (excludes halogenated alkanes) is 21. The molecular weight excluding hydrogens is 928 g/mol. The number of hydrogen-bond acceptors (Lipinski definition) is 10. The smallest absolute Gasteiger partial charge is 0.462 e. The predicted octanol–water partition coefficient (Wildman–Crippen LogP) is 16.7. The molecule has 0 fully saturated rings. The number of aliphatic hydroxyl groups excluding tert-OH is 1. The summed E-state index contributed by atoms with van der Waals surface area (Å²) in [6.07, 6.45) is 61.2. The van der Waals surface area contributed by atoms with Crippen LogP contribution < -0.4 is 0 Å². The molecule has 0 aromatic heterocycles. The number of allylic oxidation sites excluding steroid dienone is 14. The van der Waals surface area contributed by atoms with Gasteiger partial charge in [-0.1, -0.05) is 209 Å². The first-order chi connectivity index (χ1) is 35.2. The van der Waals surface area contributed by atoms with E-state index in [1.54, 1.807) is 0 Å². The highest BCUT2D eigenvalue weighted by Crippen LogP contribution is 2.43. The number of aliphatic hydroxyl groups is 1. The van der Waals surface area contributed by atoms with E-state index in [1.165, 1.54) is 57.8 Å². The molecule has 0 spiro atoms. The van der Waals surface area contributed by atoms with Crippen LogP contribution in [0.1, 0.15) is 239 Å². The van der Waals surface area contributed by atoms with Gasteiger partial charge in [0.25, 0.3) is 0 Å². The van der Waals surface area contributed by atoms with Crippen LogP contribution in [0.5, 0.6) is 0 Å². The SMILES string of the molecule is CC/C=C\C/C=C\C/C=C\C/C=C\CCCCCCC(=O)OC(CO)COP(=O)(O)OCC(COC(=O)CCCCCCCCCCC)OC(=O)CCCCCCCC/C=C\C/C=C\C/C=C\CCCCC. The van der Waals surface area contributed by atoms with Gasteiger partial charge < -0.3 is 24.2 Å². The molecule has 72 heavy (non-hydrogen) atoms. The van der Waals surface area contributed by atoms with E-state index in [0.717, 1.165) is 122 Å². The Labute approximate surface area is 439 Å². The fourth-order valence-corrected chi connectivity index (χ4v) is 8.25. The maximum absolute atomic E-state index is 12.9. The molecule has 11 nitrogen and oxygen atoms in total. The lowest BCUT2D eigenvalue weighted by Crippen LogP contribution is -2.30. The Morgan fingerprint density at radius 1 is 0.403 bits per heavy atom. The van der Waals surface area contributed by atoms with E-state index in [9.17, 15) is 28.9 Å². The molecule has 0 saturated carbocycles. The first kappa shape index (κ1) is 68.7. The minimum absolute atomic E-state index is 0.146. The number of hydrogen-bond donors (Lipinski definition) is 2. The van der Waals surface area contributed by atoms with Gasteiger partial charge in [-0.15, -0.1) is 0 Å².